The third kappa shape index (κ3) is 4.52. The Bertz CT molecular complexity index is 1220. The molecule has 178 valence electrons. The van der Waals surface area contributed by atoms with E-state index in [1.807, 2.05) is 61.7 Å². The number of likely N-dealkylation sites (tertiary alicyclic amines) is 1. The van der Waals surface area contributed by atoms with Crippen LogP contribution in [0.5, 0.6) is 0 Å². The number of piperidine rings is 1. The van der Waals surface area contributed by atoms with E-state index in [0.29, 0.717) is 43.3 Å². The summed E-state index contributed by atoms with van der Waals surface area (Å²) < 4.78 is 7.66. The van der Waals surface area contributed by atoms with Crippen molar-refractivity contribution in [2.24, 2.45) is 0 Å². The third-order valence-corrected chi connectivity index (χ3v) is 6.50. The van der Waals surface area contributed by atoms with Crippen molar-refractivity contribution < 1.29 is 14.3 Å². The van der Waals surface area contributed by atoms with Crippen molar-refractivity contribution in [3.63, 3.8) is 0 Å². The Balaban J connectivity index is 1.44. The molecule has 0 N–H and O–H groups in total. The van der Waals surface area contributed by atoms with E-state index in [1.54, 1.807) is 11.1 Å². The second kappa shape index (κ2) is 8.67. The van der Waals surface area contributed by atoms with Crippen LogP contribution in [0.1, 0.15) is 39.3 Å². The summed E-state index contributed by atoms with van der Waals surface area (Å²) in [6, 6.07) is 9.11. The first-order valence-corrected chi connectivity index (χ1v) is 11.9. The van der Waals surface area contributed by atoms with E-state index in [1.165, 1.54) is 0 Å². The van der Waals surface area contributed by atoms with Gasteiger partial charge in [-0.2, -0.15) is 0 Å². The number of imidazole rings is 1. The SMILES string of the molecule is CC(C)(C)OC(=O)N1C2CC(=O)CC1CN(Cc1c(-c3ccc(Cl)cc3)nc3ncccn13)C2. The van der Waals surface area contributed by atoms with Crippen molar-refractivity contribution >= 4 is 29.3 Å². The second-order valence-corrected chi connectivity index (χ2v) is 10.5. The topological polar surface area (TPSA) is 80.0 Å². The maximum atomic E-state index is 12.9. The monoisotopic (exact) mass is 481 g/mol. The van der Waals surface area contributed by atoms with Gasteiger partial charge >= 0.3 is 6.09 Å². The average molecular weight is 482 g/mol. The molecule has 9 heteroatoms. The number of piperazine rings is 1. The second-order valence-electron chi connectivity index (χ2n) is 10.0. The van der Waals surface area contributed by atoms with Crippen LogP contribution in [0.2, 0.25) is 5.02 Å². The van der Waals surface area contributed by atoms with Gasteiger partial charge in [0, 0.05) is 55.5 Å². The van der Waals surface area contributed by atoms with Crippen LogP contribution in [-0.4, -0.2) is 66.8 Å². The standard InChI is InChI=1S/C25H28ClN5O3/c1-25(2,3)34-24(33)31-18-11-20(32)12-19(31)14-29(13-18)15-21-22(16-5-7-17(26)8-6-16)28-23-27-9-4-10-30(21)23/h4-10,18-19H,11-15H2,1-3H3. The van der Waals surface area contributed by atoms with Gasteiger partial charge in [0.05, 0.1) is 23.5 Å². The molecule has 4 heterocycles. The van der Waals surface area contributed by atoms with Crippen LogP contribution in [-0.2, 0) is 16.1 Å². The quantitative estimate of drug-likeness (QED) is 0.557. The summed E-state index contributed by atoms with van der Waals surface area (Å²) >= 11 is 6.10. The van der Waals surface area contributed by atoms with Crippen LogP contribution in [0.25, 0.3) is 17.0 Å². The molecule has 34 heavy (non-hydrogen) atoms. The molecule has 1 aromatic carbocycles. The molecule has 2 aliphatic heterocycles. The number of Topliss-reactive ketones (excluding diaryl/α,β-unsaturated/α-hetero) is 1. The number of hydrogen-bond donors (Lipinski definition) is 0. The number of ketones is 1. The highest BCUT2D eigenvalue weighted by atomic mass is 35.5. The van der Waals surface area contributed by atoms with Crippen LogP contribution in [0, 0.1) is 0 Å². The van der Waals surface area contributed by atoms with E-state index in [9.17, 15) is 9.59 Å². The van der Waals surface area contributed by atoms with Gasteiger partial charge < -0.3 is 4.74 Å². The predicted molar refractivity (Wildman–Crippen MR) is 129 cm³/mol. The van der Waals surface area contributed by atoms with Gasteiger partial charge in [-0.15, -0.1) is 0 Å². The lowest BCUT2D eigenvalue weighted by atomic mass is 9.90. The van der Waals surface area contributed by atoms with Gasteiger partial charge in [0.15, 0.2) is 0 Å². The zero-order valence-electron chi connectivity index (χ0n) is 19.6. The zero-order valence-corrected chi connectivity index (χ0v) is 20.3. The molecule has 5 rings (SSSR count). The number of rotatable bonds is 3. The molecule has 2 aromatic heterocycles. The maximum Gasteiger partial charge on any atom is 0.410 e. The van der Waals surface area contributed by atoms with Crippen molar-refractivity contribution in [3.8, 4) is 11.3 Å². The van der Waals surface area contributed by atoms with Crippen LogP contribution >= 0.6 is 11.6 Å². The lowest BCUT2D eigenvalue weighted by Gasteiger charge is -2.49. The summed E-state index contributed by atoms with van der Waals surface area (Å²) in [7, 11) is 0. The molecule has 2 aliphatic rings. The number of benzene rings is 1. The molecule has 3 aromatic rings. The Hall–Kier alpha value is -2.97. The smallest absolute Gasteiger partial charge is 0.410 e. The summed E-state index contributed by atoms with van der Waals surface area (Å²) in [5, 5.41) is 0.669. The molecule has 0 aliphatic carbocycles. The van der Waals surface area contributed by atoms with Crippen LogP contribution < -0.4 is 0 Å². The summed E-state index contributed by atoms with van der Waals surface area (Å²) in [5.41, 5.74) is 2.25. The van der Waals surface area contributed by atoms with Crippen LogP contribution in [0.4, 0.5) is 4.79 Å². The van der Waals surface area contributed by atoms with Crippen molar-refractivity contribution in [2.45, 2.75) is 57.8 Å². The highest BCUT2D eigenvalue weighted by molar-refractivity contribution is 6.30. The van der Waals surface area contributed by atoms with Crippen molar-refractivity contribution in [1.29, 1.82) is 0 Å². The normalized spacial score (nSPS) is 21.2. The third-order valence-electron chi connectivity index (χ3n) is 6.25. The molecule has 2 saturated heterocycles. The molecule has 2 atom stereocenters. The first-order valence-electron chi connectivity index (χ1n) is 11.5. The fraction of sp³-hybridized carbons (Fsp3) is 0.440. The van der Waals surface area contributed by atoms with Crippen molar-refractivity contribution in [3.05, 3.63) is 53.4 Å². The number of aromatic nitrogens is 3. The highest BCUT2D eigenvalue weighted by Crippen LogP contribution is 2.32. The Morgan fingerprint density at radius 2 is 1.82 bits per heavy atom. The Labute approximate surface area is 203 Å². The van der Waals surface area contributed by atoms with E-state index in [0.717, 1.165) is 17.0 Å². The number of ether oxygens (including phenoxy) is 1. The summed E-state index contributed by atoms with van der Waals surface area (Å²) in [6.07, 6.45) is 4.06. The first kappa shape index (κ1) is 22.8. The van der Waals surface area contributed by atoms with Gasteiger partial charge in [-0.25, -0.2) is 14.8 Å². The van der Waals surface area contributed by atoms with Gasteiger partial charge in [-0.05, 0) is 39.0 Å². The number of halogens is 1. The predicted octanol–water partition coefficient (Wildman–Crippen LogP) is 4.20. The van der Waals surface area contributed by atoms with Gasteiger partial charge in [-0.1, -0.05) is 23.7 Å². The fourth-order valence-electron chi connectivity index (χ4n) is 4.96. The minimum atomic E-state index is -0.580. The van der Waals surface area contributed by atoms with Crippen LogP contribution in [0.3, 0.4) is 0 Å². The van der Waals surface area contributed by atoms with Crippen molar-refractivity contribution in [2.75, 3.05) is 13.1 Å². The number of carbonyl (C=O) groups excluding carboxylic acids is 2. The van der Waals surface area contributed by atoms with E-state index in [-0.39, 0.29) is 24.0 Å². The van der Waals surface area contributed by atoms with E-state index < -0.39 is 5.60 Å². The summed E-state index contributed by atoms with van der Waals surface area (Å²) in [4.78, 5) is 38.6. The molecule has 0 radical (unpaired) electrons. The van der Waals surface area contributed by atoms with E-state index in [4.69, 9.17) is 21.3 Å². The van der Waals surface area contributed by atoms with E-state index in [2.05, 4.69) is 9.88 Å². The molecule has 2 bridgehead atoms. The minimum Gasteiger partial charge on any atom is -0.444 e. The summed E-state index contributed by atoms with van der Waals surface area (Å²) in [5.74, 6) is 0.834. The number of hydrogen-bond acceptors (Lipinski definition) is 6. The lowest BCUT2D eigenvalue weighted by molar-refractivity contribution is -0.128. The molecular formula is C25H28ClN5O3. The molecule has 0 spiro atoms. The molecule has 0 saturated carbocycles. The van der Waals surface area contributed by atoms with Gasteiger partial charge in [-0.3, -0.25) is 19.0 Å². The number of fused-ring (bicyclic) bond motifs is 3. The highest BCUT2D eigenvalue weighted by Gasteiger charge is 2.44. The molecule has 1 amide bonds. The first-order chi connectivity index (χ1) is 16.2. The number of carbonyl (C=O) groups is 2. The largest absolute Gasteiger partial charge is 0.444 e. The van der Waals surface area contributed by atoms with Gasteiger partial charge in [0.25, 0.3) is 0 Å². The average Bonchev–Trinajstić information content (AvgIpc) is 3.10. The number of nitrogens with zero attached hydrogens (tertiary/aromatic N) is 5. The molecule has 8 nitrogen and oxygen atoms in total. The molecular weight excluding hydrogens is 454 g/mol. The lowest BCUT2D eigenvalue weighted by Crippen LogP contribution is -2.64. The van der Waals surface area contributed by atoms with Gasteiger partial charge in [0.1, 0.15) is 11.4 Å². The maximum absolute atomic E-state index is 12.9. The van der Waals surface area contributed by atoms with E-state index >= 15 is 0 Å². The van der Waals surface area contributed by atoms with Crippen molar-refractivity contribution in [1.82, 2.24) is 24.2 Å². The molecule has 2 unspecified atom stereocenters. The summed E-state index contributed by atoms with van der Waals surface area (Å²) in [6.45, 7) is 7.38. The Morgan fingerprint density at radius 1 is 1.15 bits per heavy atom. The molecule has 2 fully saturated rings. The minimum absolute atomic E-state index is 0.203. The Kier molecular flexibility index (Phi) is 5.81. The van der Waals surface area contributed by atoms with Crippen LogP contribution in [0.15, 0.2) is 42.7 Å². The fourth-order valence-corrected chi connectivity index (χ4v) is 5.08. The number of amides is 1. The Morgan fingerprint density at radius 3 is 2.47 bits per heavy atom. The zero-order chi connectivity index (χ0) is 24.0. The van der Waals surface area contributed by atoms with Gasteiger partial charge in [0.2, 0.25) is 5.78 Å².